The number of hydrogen-bond acceptors (Lipinski definition) is 11. The van der Waals surface area contributed by atoms with E-state index in [2.05, 4.69) is 46.8 Å². The van der Waals surface area contributed by atoms with Crippen LogP contribution in [0, 0.1) is 11.8 Å². The van der Waals surface area contributed by atoms with Gasteiger partial charge in [-0.05, 0) is 36.6 Å². The number of oxazole rings is 1. The second-order valence-corrected chi connectivity index (χ2v) is 7.97. The van der Waals surface area contributed by atoms with Gasteiger partial charge in [0.2, 0.25) is 5.82 Å². The molecule has 36 heavy (non-hydrogen) atoms. The Morgan fingerprint density at radius 1 is 1.03 bits per heavy atom. The van der Waals surface area contributed by atoms with Crippen LogP contribution in [0.3, 0.4) is 0 Å². The van der Waals surface area contributed by atoms with Gasteiger partial charge in [0.15, 0.2) is 12.4 Å². The molecule has 1 aliphatic rings. The Morgan fingerprint density at radius 2 is 1.89 bits per heavy atom. The molecule has 0 amide bonds. The second-order valence-electron chi connectivity index (χ2n) is 7.97. The minimum Gasteiger partial charge on any atom is -0.507 e. The molecule has 0 bridgehead atoms. The van der Waals surface area contributed by atoms with E-state index in [9.17, 15) is 5.11 Å². The van der Waals surface area contributed by atoms with Gasteiger partial charge >= 0.3 is 6.08 Å². The van der Waals surface area contributed by atoms with E-state index in [1.54, 1.807) is 24.4 Å². The van der Waals surface area contributed by atoms with Crippen LogP contribution in [0.25, 0.3) is 11.3 Å². The summed E-state index contributed by atoms with van der Waals surface area (Å²) in [5.41, 5.74) is 8.18. The summed E-state index contributed by atoms with van der Waals surface area (Å²) in [6.07, 6.45) is 5.70. The summed E-state index contributed by atoms with van der Waals surface area (Å²) in [6, 6.07) is 10.8. The van der Waals surface area contributed by atoms with Crippen LogP contribution in [0.2, 0.25) is 0 Å². The Kier molecular flexibility index (Phi) is 6.75. The lowest BCUT2D eigenvalue weighted by atomic mass is 10.1. The highest BCUT2D eigenvalue weighted by molar-refractivity contribution is 5.74. The fourth-order valence-corrected chi connectivity index (χ4v) is 3.93. The van der Waals surface area contributed by atoms with E-state index in [-0.39, 0.29) is 18.4 Å². The van der Waals surface area contributed by atoms with Gasteiger partial charge < -0.3 is 29.8 Å². The van der Waals surface area contributed by atoms with Crippen LogP contribution in [0.5, 0.6) is 11.8 Å². The van der Waals surface area contributed by atoms with Crippen LogP contribution in [-0.4, -0.2) is 63.0 Å². The number of nitrogens with zero attached hydrogens (tertiary/aromatic N) is 7. The van der Waals surface area contributed by atoms with Gasteiger partial charge in [-0.25, -0.2) is 9.97 Å². The third-order valence-corrected chi connectivity index (χ3v) is 5.66. The molecule has 0 aliphatic carbocycles. The van der Waals surface area contributed by atoms with Gasteiger partial charge in [0.25, 0.3) is 0 Å². The highest BCUT2D eigenvalue weighted by Gasteiger charge is 2.20. The Bertz CT molecular complexity index is 1380. The minimum absolute atomic E-state index is 0.122. The Balaban J connectivity index is 1.27. The number of nitrogen functional groups attached to an aromatic ring is 1. The summed E-state index contributed by atoms with van der Waals surface area (Å²) in [5, 5.41) is 18.6. The number of nitrogens with two attached hydrogens (primary N) is 1. The Labute approximate surface area is 207 Å². The molecule has 11 heteroatoms. The van der Waals surface area contributed by atoms with Crippen molar-refractivity contribution in [2.24, 2.45) is 0 Å². The number of rotatable bonds is 5. The number of benzene rings is 1. The van der Waals surface area contributed by atoms with Gasteiger partial charge in [-0.3, -0.25) is 0 Å². The monoisotopic (exact) mass is 484 g/mol. The van der Waals surface area contributed by atoms with Crippen molar-refractivity contribution < 1.29 is 14.3 Å². The van der Waals surface area contributed by atoms with Crippen molar-refractivity contribution in [3.05, 3.63) is 60.9 Å². The number of phenols is 1. The van der Waals surface area contributed by atoms with Crippen molar-refractivity contribution in [2.45, 2.75) is 6.42 Å². The van der Waals surface area contributed by atoms with Crippen LogP contribution < -0.4 is 20.3 Å². The van der Waals surface area contributed by atoms with E-state index in [4.69, 9.17) is 14.9 Å². The maximum atomic E-state index is 10.2. The summed E-state index contributed by atoms with van der Waals surface area (Å²) in [6.45, 7) is 3.17. The standard InChI is InChI=1S/C25H24N8O3/c26-24-20(17-19(30-31-24)18-5-1-2-6-21(18)34)32-11-4-12-33(14-13-32)23-8-9-27-22(29-23)7-3-15-35-25-28-10-16-36-25/h1-2,5-6,8-10,16-17,34H,4,11-15H2,(H2,26,31). The molecule has 182 valence electrons. The molecule has 0 atom stereocenters. The maximum Gasteiger partial charge on any atom is 0.394 e. The third-order valence-electron chi connectivity index (χ3n) is 5.66. The molecule has 0 spiro atoms. The molecule has 4 heterocycles. The van der Waals surface area contributed by atoms with Gasteiger partial charge in [0.1, 0.15) is 17.8 Å². The number of hydrogen-bond donors (Lipinski definition) is 2. The third kappa shape index (κ3) is 5.28. The zero-order valence-corrected chi connectivity index (χ0v) is 19.4. The number of aromatic hydroxyl groups is 1. The minimum atomic E-state index is 0.122. The van der Waals surface area contributed by atoms with E-state index in [0.717, 1.165) is 37.6 Å². The average molecular weight is 485 g/mol. The smallest absolute Gasteiger partial charge is 0.394 e. The molecular weight excluding hydrogens is 460 g/mol. The molecule has 11 nitrogen and oxygen atoms in total. The number of para-hydroxylation sites is 1. The van der Waals surface area contributed by atoms with Gasteiger partial charge in [-0.2, -0.15) is 4.98 Å². The molecule has 1 aromatic carbocycles. The van der Waals surface area contributed by atoms with Crippen LogP contribution in [0.4, 0.5) is 17.3 Å². The van der Waals surface area contributed by atoms with Crippen molar-refractivity contribution >= 4 is 17.3 Å². The average Bonchev–Trinajstić information content (AvgIpc) is 3.30. The van der Waals surface area contributed by atoms with E-state index in [1.165, 1.54) is 12.5 Å². The fraction of sp³-hybridized carbons (Fsp3) is 0.240. The summed E-state index contributed by atoms with van der Waals surface area (Å²) in [4.78, 5) is 17.1. The number of ether oxygens (including phenoxy) is 1. The van der Waals surface area contributed by atoms with Crippen LogP contribution >= 0.6 is 0 Å². The first kappa shape index (κ1) is 22.9. The topological polar surface area (TPSA) is 140 Å². The molecule has 3 aromatic heterocycles. The predicted molar refractivity (Wildman–Crippen MR) is 133 cm³/mol. The summed E-state index contributed by atoms with van der Waals surface area (Å²) in [5.74, 6) is 7.51. The van der Waals surface area contributed by atoms with Crippen molar-refractivity contribution in [3.63, 3.8) is 0 Å². The van der Waals surface area contributed by atoms with Crippen LogP contribution in [0.1, 0.15) is 12.2 Å². The normalized spacial score (nSPS) is 13.6. The number of phenolic OH excluding ortho intramolecular Hbond substituents is 1. The largest absolute Gasteiger partial charge is 0.507 e. The van der Waals surface area contributed by atoms with Gasteiger partial charge in [0, 0.05) is 37.9 Å². The van der Waals surface area contributed by atoms with E-state index >= 15 is 0 Å². The quantitative estimate of drug-likeness (QED) is 0.403. The molecule has 1 aliphatic heterocycles. The zero-order valence-electron chi connectivity index (χ0n) is 19.4. The van der Waals surface area contributed by atoms with E-state index < -0.39 is 0 Å². The van der Waals surface area contributed by atoms with Crippen LogP contribution in [-0.2, 0) is 0 Å². The first-order valence-electron chi connectivity index (χ1n) is 11.4. The van der Waals surface area contributed by atoms with Crippen molar-refractivity contribution in [3.8, 4) is 34.9 Å². The number of anilines is 3. The Hall–Kier alpha value is -4.85. The lowest BCUT2D eigenvalue weighted by Gasteiger charge is -2.25. The van der Waals surface area contributed by atoms with Gasteiger partial charge in [-0.1, -0.05) is 18.1 Å². The molecule has 0 unspecified atom stereocenters. The fourth-order valence-electron chi connectivity index (χ4n) is 3.93. The van der Waals surface area contributed by atoms with Crippen LogP contribution in [0.15, 0.2) is 59.5 Å². The molecule has 0 radical (unpaired) electrons. The molecule has 0 saturated carbocycles. The predicted octanol–water partition coefficient (Wildman–Crippen LogP) is 2.36. The zero-order chi connectivity index (χ0) is 24.7. The SMILES string of the molecule is Nc1nnc(-c2ccccc2O)cc1N1CCCN(c2ccnc(C#CCOc3ncco3)n2)CC1. The Morgan fingerprint density at radius 3 is 2.75 bits per heavy atom. The highest BCUT2D eigenvalue weighted by atomic mass is 16.6. The molecule has 1 fully saturated rings. The molecule has 5 rings (SSSR count). The maximum absolute atomic E-state index is 10.2. The van der Waals surface area contributed by atoms with E-state index in [1.807, 2.05) is 18.2 Å². The lowest BCUT2D eigenvalue weighted by Crippen LogP contribution is -2.31. The van der Waals surface area contributed by atoms with E-state index in [0.29, 0.717) is 29.4 Å². The lowest BCUT2D eigenvalue weighted by molar-refractivity contribution is 0.263. The molecule has 4 aromatic rings. The van der Waals surface area contributed by atoms with Crippen molar-refractivity contribution in [1.82, 2.24) is 25.1 Å². The number of aromatic nitrogens is 5. The molecule has 1 saturated heterocycles. The summed E-state index contributed by atoms with van der Waals surface area (Å²) >= 11 is 0. The first-order chi connectivity index (χ1) is 17.7. The van der Waals surface area contributed by atoms with Gasteiger partial charge in [-0.15, -0.1) is 10.2 Å². The van der Waals surface area contributed by atoms with Crippen molar-refractivity contribution in [2.75, 3.05) is 48.3 Å². The first-order valence-corrected chi connectivity index (χ1v) is 11.4. The van der Waals surface area contributed by atoms with Gasteiger partial charge in [0.05, 0.1) is 17.6 Å². The van der Waals surface area contributed by atoms with Crippen molar-refractivity contribution in [1.29, 1.82) is 0 Å². The molecule has 3 N–H and O–H groups in total. The molecular formula is C25H24N8O3. The highest BCUT2D eigenvalue weighted by Crippen LogP contribution is 2.31. The summed E-state index contributed by atoms with van der Waals surface area (Å²) in [7, 11) is 0. The summed E-state index contributed by atoms with van der Waals surface area (Å²) < 4.78 is 10.3. The second kappa shape index (κ2) is 10.6.